The first-order chi connectivity index (χ1) is 12.2. The van der Waals surface area contributed by atoms with Crippen molar-refractivity contribution in [3.05, 3.63) is 41.8 Å². The van der Waals surface area contributed by atoms with Crippen LogP contribution in [0, 0.1) is 5.82 Å². The fraction of sp³-hybridized carbons (Fsp3) is 0.375. The van der Waals surface area contributed by atoms with Crippen molar-refractivity contribution in [2.75, 3.05) is 18.1 Å². The molecule has 0 aliphatic carbocycles. The van der Waals surface area contributed by atoms with Crippen LogP contribution in [0.2, 0.25) is 0 Å². The van der Waals surface area contributed by atoms with Crippen molar-refractivity contribution in [3.8, 4) is 5.69 Å². The van der Waals surface area contributed by atoms with Crippen LogP contribution in [0.5, 0.6) is 0 Å². The van der Waals surface area contributed by atoms with Gasteiger partial charge in [0, 0.05) is 6.07 Å². The second kappa shape index (κ2) is 6.58. The molecule has 2 aromatic rings. The lowest BCUT2D eigenvalue weighted by Gasteiger charge is -2.47. The van der Waals surface area contributed by atoms with E-state index in [1.165, 1.54) is 12.1 Å². The molecule has 0 amide bonds. The van der Waals surface area contributed by atoms with Crippen molar-refractivity contribution >= 4 is 11.8 Å². The Morgan fingerprint density at radius 1 is 1.35 bits per heavy atom. The Labute approximate surface area is 145 Å². The Kier molecular flexibility index (Phi) is 4.59. The van der Waals surface area contributed by atoms with E-state index < -0.39 is 36.7 Å². The highest BCUT2D eigenvalue weighted by atomic mass is 19.3. The molecule has 0 N–H and O–H groups in total. The van der Waals surface area contributed by atoms with Crippen LogP contribution >= 0.6 is 0 Å². The molecule has 140 valence electrons. The Morgan fingerprint density at radius 2 is 2.00 bits per heavy atom. The molecule has 1 unspecified atom stereocenters. The molecule has 1 aliphatic heterocycles. The van der Waals surface area contributed by atoms with Gasteiger partial charge in [0.2, 0.25) is 0 Å². The zero-order chi connectivity index (χ0) is 19.1. The fourth-order valence-corrected chi connectivity index (χ4v) is 2.73. The first-order valence-corrected chi connectivity index (χ1v) is 7.70. The topological polar surface area (TPSA) is 47.4 Å². The van der Waals surface area contributed by atoms with E-state index in [1.807, 2.05) is 0 Å². The number of rotatable bonds is 5. The lowest BCUT2D eigenvalue weighted by Crippen LogP contribution is -2.68. The van der Waals surface area contributed by atoms with Crippen molar-refractivity contribution in [2.24, 2.45) is 0 Å². The zero-order valence-electron chi connectivity index (χ0n) is 13.5. The molecule has 2 heterocycles. The van der Waals surface area contributed by atoms with Crippen molar-refractivity contribution < 1.29 is 31.5 Å². The molecule has 0 radical (unpaired) electrons. The number of ether oxygens (including phenoxy) is 1. The third-order valence-corrected chi connectivity index (χ3v) is 3.93. The van der Waals surface area contributed by atoms with Crippen LogP contribution in [0.25, 0.3) is 5.69 Å². The fourth-order valence-electron chi connectivity index (χ4n) is 2.73. The monoisotopic (exact) mass is 375 g/mol. The maximum absolute atomic E-state index is 13.6. The predicted molar refractivity (Wildman–Crippen MR) is 81.6 cm³/mol. The molecule has 1 atom stereocenters. The average molecular weight is 375 g/mol. The highest BCUT2D eigenvalue weighted by Gasteiger charge is 2.60. The summed E-state index contributed by atoms with van der Waals surface area (Å²) in [5.41, 5.74) is -0.00501. The van der Waals surface area contributed by atoms with Gasteiger partial charge in [-0.15, -0.1) is 0 Å². The molecule has 1 fully saturated rings. The first kappa shape index (κ1) is 18.2. The summed E-state index contributed by atoms with van der Waals surface area (Å²) in [6, 6.07) is 3.53. The van der Waals surface area contributed by atoms with E-state index in [-0.39, 0.29) is 23.8 Å². The summed E-state index contributed by atoms with van der Waals surface area (Å²) >= 11 is 0. The standard InChI is InChI=1S/C16H14F5N3O2/c1-2-26-15(25)11-7-12(23-8-16(20,21)13(23)14(18)19)24(22-11)10-5-3-9(17)4-6-10/h3-7,13-14H,2,8H2,1H3. The normalized spacial score (nSPS) is 18.7. The van der Waals surface area contributed by atoms with Gasteiger partial charge in [0.05, 0.1) is 18.8 Å². The van der Waals surface area contributed by atoms with Crippen LogP contribution in [-0.4, -0.2) is 47.3 Å². The van der Waals surface area contributed by atoms with Crippen molar-refractivity contribution in [3.63, 3.8) is 0 Å². The Balaban J connectivity index is 2.05. The van der Waals surface area contributed by atoms with Gasteiger partial charge in [-0.1, -0.05) is 0 Å². The number of anilines is 1. The van der Waals surface area contributed by atoms with Crippen LogP contribution in [0.1, 0.15) is 17.4 Å². The number of hydrogen-bond acceptors (Lipinski definition) is 4. The molecule has 26 heavy (non-hydrogen) atoms. The molecule has 10 heteroatoms. The number of benzene rings is 1. The van der Waals surface area contributed by atoms with Gasteiger partial charge >= 0.3 is 5.97 Å². The average Bonchev–Trinajstić information content (AvgIpc) is 2.98. The molecule has 1 aromatic heterocycles. The number of alkyl halides is 4. The lowest BCUT2D eigenvalue weighted by molar-refractivity contribution is -0.119. The van der Waals surface area contributed by atoms with E-state index in [4.69, 9.17) is 4.74 Å². The van der Waals surface area contributed by atoms with Gasteiger partial charge in [-0.3, -0.25) is 0 Å². The molecule has 0 spiro atoms. The molecular formula is C16H14F5N3O2. The van der Waals surface area contributed by atoms with Gasteiger partial charge in [-0.2, -0.15) is 5.10 Å². The van der Waals surface area contributed by atoms with Gasteiger partial charge < -0.3 is 9.64 Å². The molecular weight excluding hydrogens is 361 g/mol. The predicted octanol–water partition coefficient (Wildman–Crippen LogP) is 3.28. The van der Waals surface area contributed by atoms with E-state index in [2.05, 4.69) is 5.10 Å². The van der Waals surface area contributed by atoms with Gasteiger partial charge in [-0.25, -0.2) is 31.4 Å². The largest absolute Gasteiger partial charge is 0.461 e. The van der Waals surface area contributed by atoms with E-state index in [0.717, 1.165) is 27.8 Å². The minimum atomic E-state index is -3.57. The Bertz CT molecular complexity index is 807. The van der Waals surface area contributed by atoms with Gasteiger partial charge in [-0.05, 0) is 31.2 Å². The zero-order valence-corrected chi connectivity index (χ0v) is 13.5. The van der Waals surface area contributed by atoms with Crippen LogP contribution in [0.3, 0.4) is 0 Å². The quantitative estimate of drug-likeness (QED) is 0.595. The van der Waals surface area contributed by atoms with Gasteiger partial charge in [0.1, 0.15) is 11.6 Å². The number of aromatic nitrogens is 2. The summed E-state index contributed by atoms with van der Waals surface area (Å²) in [4.78, 5) is 12.7. The Hall–Kier alpha value is -2.65. The molecule has 1 aliphatic rings. The summed E-state index contributed by atoms with van der Waals surface area (Å²) in [6.07, 6.45) is -3.30. The number of nitrogens with zero attached hydrogens (tertiary/aromatic N) is 3. The second-order valence-corrected chi connectivity index (χ2v) is 5.66. The number of esters is 1. The maximum Gasteiger partial charge on any atom is 0.358 e. The Morgan fingerprint density at radius 3 is 2.54 bits per heavy atom. The number of carbonyl (C=O) groups is 1. The SMILES string of the molecule is CCOC(=O)c1cc(N2CC(F)(F)C2C(F)F)n(-c2ccc(F)cc2)n1. The van der Waals surface area contributed by atoms with Crippen LogP contribution < -0.4 is 4.90 Å². The number of halogens is 5. The van der Waals surface area contributed by atoms with Crippen molar-refractivity contribution in [1.82, 2.24) is 9.78 Å². The molecule has 0 bridgehead atoms. The summed E-state index contributed by atoms with van der Waals surface area (Å²) < 4.78 is 72.3. The minimum absolute atomic E-state index is 0.0546. The first-order valence-electron chi connectivity index (χ1n) is 7.70. The van der Waals surface area contributed by atoms with E-state index in [0.29, 0.717) is 0 Å². The van der Waals surface area contributed by atoms with Crippen molar-refractivity contribution in [1.29, 1.82) is 0 Å². The lowest BCUT2D eigenvalue weighted by atomic mass is 9.98. The number of hydrogen-bond donors (Lipinski definition) is 0. The van der Waals surface area contributed by atoms with Crippen LogP contribution in [-0.2, 0) is 4.74 Å². The summed E-state index contributed by atoms with van der Waals surface area (Å²) in [5, 5.41) is 3.96. The van der Waals surface area contributed by atoms with E-state index in [1.54, 1.807) is 6.92 Å². The summed E-state index contributed by atoms with van der Waals surface area (Å²) in [5.74, 6) is -5.07. The second-order valence-electron chi connectivity index (χ2n) is 5.66. The molecule has 5 nitrogen and oxygen atoms in total. The molecule has 1 aromatic carbocycles. The third kappa shape index (κ3) is 3.11. The van der Waals surface area contributed by atoms with Crippen LogP contribution in [0.15, 0.2) is 30.3 Å². The third-order valence-electron chi connectivity index (χ3n) is 3.93. The highest BCUT2D eigenvalue weighted by Crippen LogP contribution is 2.42. The molecule has 0 saturated carbocycles. The number of carbonyl (C=O) groups excluding carboxylic acids is 1. The van der Waals surface area contributed by atoms with Gasteiger partial charge in [0.25, 0.3) is 12.3 Å². The van der Waals surface area contributed by atoms with Crippen molar-refractivity contribution in [2.45, 2.75) is 25.3 Å². The smallest absolute Gasteiger partial charge is 0.358 e. The van der Waals surface area contributed by atoms with E-state index in [9.17, 15) is 26.7 Å². The molecule has 1 saturated heterocycles. The van der Waals surface area contributed by atoms with Crippen LogP contribution in [0.4, 0.5) is 27.8 Å². The highest BCUT2D eigenvalue weighted by molar-refractivity contribution is 5.88. The summed E-state index contributed by atoms with van der Waals surface area (Å²) in [7, 11) is 0. The van der Waals surface area contributed by atoms with E-state index >= 15 is 0 Å². The maximum atomic E-state index is 13.6. The summed E-state index contributed by atoms with van der Waals surface area (Å²) in [6.45, 7) is 0.675. The van der Waals surface area contributed by atoms with Gasteiger partial charge in [0.15, 0.2) is 11.7 Å². The molecule has 3 rings (SSSR count). The minimum Gasteiger partial charge on any atom is -0.461 e.